The number of hydrogen-bond acceptors (Lipinski definition) is 4. The topological polar surface area (TPSA) is 43.6 Å². The maximum atomic E-state index is 5.19. The standard InChI is InChI=1S/C10H8N4S/c1-2-8-15-10-11-12-13-14(10)9-6-4-3-5-7-9/h1,3-7H,8H2. The van der Waals surface area contributed by atoms with E-state index in [1.807, 2.05) is 30.3 Å². The van der Waals surface area contributed by atoms with E-state index < -0.39 is 0 Å². The van der Waals surface area contributed by atoms with Gasteiger partial charge in [-0.05, 0) is 22.6 Å². The number of hydrogen-bond donors (Lipinski definition) is 0. The van der Waals surface area contributed by atoms with Gasteiger partial charge >= 0.3 is 0 Å². The van der Waals surface area contributed by atoms with E-state index in [2.05, 4.69) is 21.4 Å². The van der Waals surface area contributed by atoms with Crippen molar-refractivity contribution in [3.8, 4) is 18.0 Å². The first kappa shape index (κ1) is 9.74. The summed E-state index contributed by atoms with van der Waals surface area (Å²) >= 11 is 1.44. The average molecular weight is 216 g/mol. The second-order valence-electron chi connectivity index (χ2n) is 2.70. The molecule has 0 spiro atoms. The molecule has 5 heteroatoms. The molecule has 1 aromatic carbocycles. The number of nitrogens with zero attached hydrogens (tertiary/aromatic N) is 4. The van der Waals surface area contributed by atoms with Gasteiger partial charge in [-0.3, -0.25) is 0 Å². The number of aromatic nitrogens is 4. The third-order valence-electron chi connectivity index (χ3n) is 1.73. The highest BCUT2D eigenvalue weighted by atomic mass is 32.2. The number of para-hydroxylation sites is 1. The van der Waals surface area contributed by atoms with E-state index in [1.54, 1.807) is 4.68 Å². The number of thioether (sulfide) groups is 1. The van der Waals surface area contributed by atoms with Gasteiger partial charge in [0.2, 0.25) is 5.16 Å². The number of rotatable bonds is 3. The van der Waals surface area contributed by atoms with Crippen molar-refractivity contribution in [2.75, 3.05) is 5.75 Å². The Balaban J connectivity index is 2.30. The molecule has 0 atom stereocenters. The maximum Gasteiger partial charge on any atom is 0.215 e. The van der Waals surface area contributed by atoms with Gasteiger partial charge in [0.1, 0.15) is 0 Å². The lowest BCUT2D eigenvalue weighted by molar-refractivity contribution is 0.757. The molecule has 4 nitrogen and oxygen atoms in total. The van der Waals surface area contributed by atoms with Crippen LogP contribution in [0.3, 0.4) is 0 Å². The van der Waals surface area contributed by atoms with Gasteiger partial charge in [0.05, 0.1) is 11.4 Å². The van der Waals surface area contributed by atoms with Crippen molar-refractivity contribution in [1.82, 2.24) is 20.2 Å². The highest BCUT2D eigenvalue weighted by molar-refractivity contribution is 7.99. The molecule has 15 heavy (non-hydrogen) atoms. The van der Waals surface area contributed by atoms with Crippen molar-refractivity contribution in [2.24, 2.45) is 0 Å². The molecule has 0 saturated carbocycles. The Labute approximate surface area is 91.7 Å². The fraction of sp³-hybridized carbons (Fsp3) is 0.100. The lowest BCUT2D eigenvalue weighted by Crippen LogP contribution is -1.98. The van der Waals surface area contributed by atoms with Crippen molar-refractivity contribution in [3.63, 3.8) is 0 Å². The Morgan fingerprint density at radius 1 is 1.33 bits per heavy atom. The number of terminal acetylenes is 1. The highest BCUT2D eigenvalue weighted by Crippen LogP contribution is 2.16. The SMILES string of the molecule is C#CCSc1nnnn1-c1ccccc1. The fourth-order valence-electron chi connectivity index (χ4n) is 1.11. The average Bonchev–Trinajstić information content (AvgIpc) is 2.75. The summed E-state index contributed by atoms with van der Waals surface area (Å²) in [5.74, 6) is 3.10. The fourth-order valence-corrected chi connectivity index (χ4v) is 1.68. The first-order valence-corrected chi connectivity index (χ1v) is 5.30. The molecule has 1 aromatic heterocycles. The smallest absolute Gasteiger partial charge is 0.187 e. The van der Waals surface area contributed by atoms with E-state index in [9.17, 15) is 0 Å². The minimum atomic E-state index is 0.563. The van der Waals surface area contributed by atoms with E-state index in [4.69, 9.17) is 6.42 Å². The van der Waals surface area contributed by atoms with Crippen LogP contribution in [0, 0.1) is 12.3 Å². The molecule has 0 aliphatic rings. The molecule has 2 aromatic rings. The molecule has 0 fully saturated rings. The van der Waals surface area contributed by atoms with Gasteiger partial charge in [0.15, 0.2) is 0 Å². The zero-order chi connectivity index (χ0) is 10.5. The van der Waals surface area contributed by atoms with Crippen molar-refractivity contribution < 1.29 is 0 Å². The Hall–Kier alpha value is -1.80. The van der Waals surface area contributed by atoms with Crippen molar-refractivity contribution in [2.45, 2.75) is 5.16 Å². The van der Waals surface area contributed by atoms with Crippen molar-refractivity contribution in [3.05, 3.63) is 30.3 Å². The molecular weight excluding hydrogens is 208 g/mol. The molecule has 0 aliphatic heterocycles. The third kappa shape index (κ3) is 2.17. The summed E-state index contributed by atoms with van der Waals surface area (Å²) in [7, 11) is 0. The predicted molar refractivity (Wildman–Crippen MR) is 58.7 cm³/mol. The summed E-state index contributed by atoms with van der Waals surface area (Å²) in [6, 6.07) is 9.70. The van der Waals surface area contributed by atoms with Crippen LogP contribution in [-0.2, 0) is 0 Å². The molecule has 0 amide bonds. The van der Waals surface area contributed by atoms with Gasteiger partial charge in [-0.15, -0.1) is 11.5 Å². The van der Waals surface area contributed by atoms with E-state index in [1.165, 1.54) is 11.8 Å². The van der Waals surface area contributed by atoms with Crippen LogP contribution in [0.4, 0.5) is 0 Å². The van der Waals surface area contributed by atoms with E-state index in [0.29, 0.717) is 10.9 Å². The van der Waals surface area contributed by atoms with Gasteiger partial charge in [0, 0.05) is 0 Å². The normalized spacial score (nSPS) is 9.80. The summed E-state index contributed by atoms with van der Waals surface area (Å²) in [6.45, 7) is 0. The molecule has 0 unspecified atom stereocenters. The zero-order valence-electron chi connectivity index (χ0n) is 7.87. The summed E-state index contributed by atoms with van der Waals surface area (Å²) in [4.78, 5) is 0. The van der Waals surface area contributed by atoms with Crippen LogP contribution in [0.15, 0.2) is 35.5 Å². The molecule has 0 aliphatic carbocycles. The van der Waals surface area contributed by atoms with Gasteiger partial charge < -0.3 is 0 Å². The van der Waals surface area contributed by atoms with Crippen LogP contribution in [-0.4, -0.2) is 26.0 Å². The molecule has 0 radical (unpaired) electrons. The van der Waals surface area contributed by atoms with E-state index in [0.717, 1.165) is 5.69 Å². The van der Waals surface area contributed by atoms with Gasteiger partial charge in [-0.1, -0.05) is 35.9 Å². The van der Waals surface area contributed by atoms with E-state index >= 15 is 0 Å². The monoisotopic (exact) mass is 216 g/mol. The minimum absolute atomic E-state index is 0.563. The molecule has 1 heterocycles. The quantitative estimate of drug-likeness (QED) is 0.574. The molecule has 2 rings (SSSR count). The van der Waals surface area contributed by atoms with Crippen LogP contribution in [0.5, 0.6) is 0 Å². The number of benzene rings is 1. The second-order valence-corrected chi connectivity index (χ2v) is 3.64. The minimum Gasteiger partial charge on any atom is -0.187 e. The van der Waals surface area contributed by atoms with E-state index in [-0.39, 0.29) is 0 Å². The second kappa shape index (κ2) is 4.62. The van der Waals surface area contributed by atoms with Crippen molar-refractivity contribution >= 4 is 11.8 Å². The van der Waals surface area contributed by atoms with Crippen LogP contribution in [0.2, 0.25) is 0 Å². The molecule has 74 valence electrons. The Morgan fingerprint density at radius 3 is 2.87 bits per heavy atom. The van der Waals surface area contributed by atoms with Gasteiger partial charge in [-0.2, -0.15) is 4.68 Å². The molecule has 0 bridgehead atoms. The van der Waals surface area contributed by atoms with Crippen LogP contribution in [0.1, 0.15) is 0 Å². The Kier molecular flexibility index (Phi) is 3.00. The largest absolute Gasteiger partial charge is 0.215 e. The first-order chi connectivity index (χ1) is 7.42. The third-order valence-corrected chi connectivity index (χ3v) is 2.55. The highest BCUT2D eigenvalue weighted by Gasteiger charge is 2.06. The summed E-state index contributed by atoms with van der Waals surface area (Å²) < 4.78 is 1.67. The first-order valence-electron chi connectivity index (χ1n) is 4.32. The lowest BCUT2D eigenvalue weighted by Gasteiger charge is -2.01. The van der Waals surface area contributed by atoms with Crippen LogP contribution >= 0.6 is 11.8 Å². The molecular formula is C10H8N4S. The van der Waals surface area contributed by atoms with Crippen molar-refractivity contribution in [1.29, 1.82) is 0 Å². The van der Waals surface area contributed by atoms with Gasteiger partial charge in [0.25, 0.3) is 0 Å². The van der Waals surface area contributed by atoms with Crippen LogP contribution in [0.25, 0.3) is 5.69 Å². The summed E-state index contributed by atoms with van der Waals surface area (Å²) in [5, 5.41) is 12.1. The predicted octanol–water partition coefficient (Wildman–Crippen LogP) is 1.39. The lowest BCUT2D eigenvalue weighted by atomic mass is 10.3. The van der Waals surface area contributed by atoms with Gasteiger partial charge in [-0.25, -0.2) is 0 Å². The number of tetrazole rings is 1. The van der Waals surface area contributed by atoms with Crippen LogP contribution < -0.4 is 0 Å². The summed E-state index contributed by atoms with van der Waals surface area (Å²) in [5.41, 5.74) is 0.932. The molecule has 0 saturated heterocycles. The zero-order valence-corrected chi connectivity index (χ0v) is 8.68. The summed E-state index contributed by atoms with van der Waals surface area (Å²) in [6.07, 6.45) is 5.19. The Morgan fingerprint density at radius 2 is 2.13 bits per heavy atom. The molecule has 0 N–H and O–H groups in total. The maximum absolute atomic E-state index is 5.19. The Bertz CT molecular complexity index is 472.